The molecule has 0 amide bonds. The van der Waals surface area contributed by atoms with E-state index in [1.165, 1.54) is 24.3 Å². The Morgan fingerprint density at radius 2 is 1.84 bits per heavy atom. The maximum Gasteiger partial charge on any atom is 0.384 e. The van der Waals surface area contributed by atoms with Crippen LogP contribution < -0.4 is 4.74 Å². The van der Waals surface area contributed by atoms with Gasteiger partial charge in [0.05, 0.1) is 17.8 Å². The van der Waals surface area contributed by atoms with E-state index in [9.17, 15) is 19.8 Å². The first-order valence-corrected chi connectivity index (χ1v) is 10.6. The zero-order valence-electron chi connectivity index (χ0n) is 18.3. The number of rotatable bonds is 5. The Labute approximate surface area is 186 Å². The van der Waals surface area contributed by atoms with Gasteiger partial charge in [0.2, 0.25) is 0 Å². The lowest BCUT2D eigenvalue weighted by Gasteiger charge is -2.32. The minimum Gasteiger partial charge on any atom is -0.508 e. The third-order valence-electron chi connectivity index (χ3n) is 5.72. The number of ether oxygens (including phenoxy) is 3. The van der Waals surface area contributed by atoms with E-state index in [1.54, 1.807) is 6.92 Å². The number of carbonyl (C=O) groups is 2. The van der Waals surface area contributed by atoms with Crippen LogP contribution in [0, 0.1) is 0 Å². The Kier molecular flexibility index (Phi) is 5.46. The fourth-order valence-electron chi connectivity index (χ4n) is 4.11. The minimum absolute atomic E-state index is 0.0120. The number of aliphatic hydroxyl groups is 1. The van der Waals surface area contributed by atoms with Crippen LogP contribution in [0.4, 0.5) is 0 Å². The van der Waals surface area contributed by atoms with Gasteiger partial charge in [-0.15, -0.1) is 0 Å². The molecule has 2 N–H and O–H groups in total. The number of benzene rings is 2. The number of esters is 2. The van der Waals surface area contributed by atoms with Gasteiger partial charge in [0, 0.05) is 6.42 Å². The molecule has 0 saturated carbocycles. The third kappa shape index (κ3) is 3.96. The lowest BCUT2D eigenvalue weighted by atomic mass is 9.89. The molecule has 1 unspecified atom stereocenters. The van der Waals surface area contributed by atoms with Gasteiger partial charge in [-0.25, -0.2) is 9.59 Å². The quantitative estimate of drug-likeness (QED) is 0.691. The van der Waals surface area contributed by atoms with Gasteiger partial charge in [-0.3, -0.25) is 0 Å². The molecule has 1 atom stereocenters. The topological polar surface area (TPSA) is 102 Å². The second-order valence-corrected chi connectivity index (χ2v) is 8.64. The molecule has 0 aliphatic carbocycles. The molecule has 2 aromatic carbocycles. The Hall–Kier alpha value is -3.32. The van der Waals surface area contributed by atoms with E-state index in [4.69, 9.17) is 14.2 Å². The normalized spacial score (nSPS) is 21.6. The summed E-state index contributed by atoms with van der Waals surface area (Å²) in [4.78, 5) is 25.4. The molecule has 0 bridgehead atoms. The van der Waals surface area contributed by atoms with Crippen LogP contribution >= 0.6 is 0 Å². The van der Waals surface area contributed by atoms with Gasteiger partial charge >= 0.3 is 17.7 Å². The zero-order chi connectivity index (χ0) is 23.1. The summed E-state index contributed by atoms with van der Waals surface area (Å²) < 4.78 is 16.2. The van der Waals surface area contributed by atoms with Crippen molar-refractivity contribution in [2.45, 2.75) is 51.4 Å². The molecular weight excluding hydrogens is 412 g/mol. The summed E-state index contributed by atoms with van der Waals surface area (Å²) in [5, 5.41) is 20.7. The highest BCUT2D eigenvalue weighted by atomic mass is 16.7. The van der Waals surface area contributed by atoms with Crippen molar-refractivity contribution in [1.29, 1.82) is 0 Å². The lowest BCUT2D eigenvalue weighted by molar-refractivity contribution is -0.202. The van der Waals surface area contributed by atoms with Gasteiger partial charge in [-0.2, -0.15) is 0 Å². The van der Waals surface area contributed by atoms with Gasteiger partial charge in [-0.1, -0.05) is 24.3 Å². The number of fused-ring (bicyclic) bond motifs is 1. The first kappa shape index (κ1) is 21.9. The number of hydrogen-bond acceptors (Lipinski definition) is 7. The molecule has 2 aliphatic heterocycles. The first-order chi connectivity index (χ1) is 15.1. The van der Waals surface area contributed by atoms with E-state index in [1.807, 2.05) is 32.0 Å². The van der Waals surface area contributed by atoms with Crippen LogP contribution in [-0.4, -0.2) is 40.1 Å². The van der Waals surface area contributed by atoms with E-state index in [-0.39, 0.29) is 35.5 Å². The monoisotopic (exact) mass is 438 g/mol. The number of phenolic OH excluding ortho intramolecular Hbond substituents is 1. The van der Waals surface area contributed by atoms with Gasteiger partial charge in [0.25, 0.3) is 0 Å². The predicted octanol–water partition coefficient (Wildman–Crippen LogP) is 3.30. The molecule has 2 heterocycles. The second-order valence-electron chi connectivity index (χ2n) is 8.64. The summed E-state index contributed by atoms with van der Waals surface area (Å²) in [6.07, 6.45) is 1.86. The fraction of sp³-hybridized carbons (Fsp3) is 0.360. The van der Waals surface area contributed by atoms with Crippen LogP contribution in [0.25, 0.3) is 5.57 Å². The maximum absolute atomic E-state index is 12.8. The molecule has 0 radical (unpaired) electrons. The third-order valence-corrected chi connectivity index (χ3v) is 5.72. The number of carbonyl (C=O) groups excluding carboxylic acids is 2. The van der Waals surface area contributed by atoms with E-state index in [0.29, 0.717) is 5.56 Å². The van der Waals surface area contributed by atoms with Gasteiger partial charge in [-0.05, 0) is 68.5 Å². The molecular formula is C25H26O7. The van der Waals surface area contributed by atoms with Crippen molar-refractivity contribution in [3.63, 3.8) is 0 Å². The Morgan fingerprint density at radius 3 is 2.53 bits per heavy atom. The van der Waals surface area contributed by atoms with Crippen LogP contribution in [0.15, 0.2) is 48.0 Å². The predicted molar refractivity (Wildman–Crippen MR) is 116 cm³/mol. The summed E-state index contributed by atoms with van der Waals surface area (Å²) in [5.74, 6) is -3.58. The Bertz CT molecular complexity index is 1100. The molecule has 7 nitrogen and oxygen atoms in total. The van der Waals surface area contributed by atoms with Crippen molar-refractivity contribution in [1.82, 2.24) is 0 Å². The summed E-state index contributed by atoms with van der Waals surface area (Å²) in [5.41, 5.74) is 2.19. The summed E-state index contributed by atoms with van der Waals surface area (Å²) in [7, 11) is 0. The fourth-order valence-corrected chi connectivity index (χ4v) is 4.11. The molecule has 2 aliphatic rings. The number of phenols is 1. The molecule has 0 aromatic heterocycles. The lowest BCUT2D eigenvalue weighted by Crippen LogP contribution is -2.42. The molecule has 0 spiro atoms. The molecule has 4 rings (SSSR count). The number of hydrogen-bond donors (Lipinski definition) is 2. The standard InChI is InChI=1S/C25H26O7/c1-4-30-23(28)25(29)21(16-6-8-18(26)9-7-16)19(22(27)32-25)14-15-5-10-20-17(13-15)11-12-24(2,3)31-20/h5-10,13,26,29H,4,11-12,14H2,1-3H3. The molecule has 168 valence electrons. The van der Waals surface area contributed by atoms with E-state index in [0.717, 1.165) is 29.7 Å². The first-order valence-electron chi connectivity index (χ1n) is 10.6. The smallest absolute Gasteiger partial charge is 0.384 e. The van der Waals surface area contributed by atoms with Crippen LogP contribution in [0.2, 0.25) is 0 Å². The van der Waals surface area contributed by atoms with Crippen LogP contribution in [0.5, 0.6) is 11.5 Å². The number of cyclic esters (lactones) is 1. The van der Waals surface area contributed by atoms with Crippen molar-refractivity contribution in [3.05, 3.63) is 64.7 Å². The van der Waals surface area contributed by atoms with Crippen molar-refractivity contribution >= 4 is 17.5 Å². The Balaban J connectivity index is 1.77. The van der Waals surface area contributed by atoms with E-state index >= 15 is 0 Å². The van der Waals surface area contributed by atoms with Crippen molar-refractivity contribution in [2.75, 3.05) is 6.61 Å². The van der Waals surface area contributed by atoms with Crippen LogP contribution in [-0.2, 0) is 31.9 Å². The van der Waals surface area contributed by atoms with E-state index < -0.39 is 17.7 Å². The number of aromatic hydroxyl groups is 1. The number of aryl methyl sites for hydroxylation is 1. The maximum atomic E-state index is 12.8. The summed E-state index contributed by atoms with van der Waals surface area (Å²) in [6.45, 7) is 5.70. The average Bonchev–Trinajstić information content (AvgIpc) is 2.99. The largest absolute Gasteiger partial charge is 0.508 e. The van der Waals surface area contributed by atoms with Crippen molar-refractivity contribution < 1.29 is 34.0 Å². The zero-order valence-corrected chi connectivity index (χ0v) is 18.3. The molecule has 7 heteroatoms. The highest BCUT2D eigenvalue weighted by Gasteiger charge is 2.54. The highest BCUT2D eigenvalue weighted by molar-refractivity contribution is 6.11. The minimum atomic E-state index is -2.55. The molecule has 0 saturated heterocycles. The Morgan fingerprint density at radius 1 is 1.12 bits per heavy atom. The second kappa shape index (κ2) is 7.98. The molecule has 2 aromatic rings. The molecule has 0 fully saturated rings. The van der Waals surface area contributed by atoms with Gasteiger partial charge in [0.15, 0.2) is 0 Å². The average molecular weight is 438 g/mol. The van der Waals surface area contributed by atoms with Gasteiger partial charge in [0.1, 0.15) is 17.1 Å². The summed E-state index contributed by atoms with van der Waals surface area (Å²) in [6, 6.07) is 11.6. The summed E-state index contributed by atoms with van der Waals surface area (Å²) >= 11 is 0. The van der Waals surface area contributed by atoms with Crippen LogP contribution in [0.3, 0.4) is 0 Å². The van der Waals surface area contributed by atoms with Crippen LogP contribution in [0.1, 0.15) is 43.9 Å². The van der Waals surface area contributed by atoms with E-state index in [2.05, 4.69) is 0 Å². The molecule has 32 heavy (non-hydrogen) atoms. The van der Waals surface area contributed by atoms with Crippen molar-refractivity contribution in [2.24, 2.45) is 0 Å². The highest BCUT2D eigenvalue weighted by Crippen LogP contribution is 2.41. The SMILES string of the molecule is CCOC(=O)C1(O)OC(=O)C(Cc2ccc3c(c2)CCC(C)(C)O3)=C1c1ccc(O)cc1. The van der Waals surface area contributed by atoms with Crippen molar-refractivity contribution in [3.8, 4) is 11.5 Å². The van der Waals surface area contributed by atoms with Gasteiger partial charge < -0.3 is 24.4 Å².